The predicted octanol–water partition coefficient (Wildman–Crippen LogP) is 4.14. The fourth-order valence-electron chi connectivity index (χ4n) is 2.80. The number of rotatable bonds is 5. The van der Waals surface area contributed by atoms with Crippen molar-refractivity contribution in [2.45, 2.75) is 0 Å². The molecule has 0 saturated carbocycles. The van der Waals surface area contributed by atoms with E-state index < -0.39 is 0 Å². The summed E-state index contributed by atoms with van der Waals surface area (Å²) >= 11 is 4.87. The Bertz CT molecular complexity index is 1070. The Hall–Kier alpha value is -3.32. The molecule has 128 valence electrons. The summed E-state index contributed by atoms with van der Waals surface area (Å²) < 4.78 is 2.00. The molecule has 3 aromatic heterocycles. The van der Waals surface area contributed by atoms with Gasteiger partial charge in [0.15, 0.2) is 11.6 Å². The fraction of sp³-hybridized carbons (Fsp3) is 0.0526. The van der Waals surface area contributed by atoms with E-state index in [-0.39, 0.29) is 0 Å². The molecule has 6 nitrogen and oxygen atoms in total. The first-order chi connectivity index (χ1) is 12.7. The number of hydrogen-bond acceptors (Lipinski definition) is 5. The Morgan fingerprint density at radius 1 is 1.08 bits per heavy atom. The quantitative estimate of drug-likeness (QED) is 0.521. The lowest BCUT2D eigenvalue weighted by atomic mass is 10.2. The number of anilines is 3. The van der Waals surface area contributed by atoms with Crippen molar-refractivity contribution < 1.29 is 0 Å². The van der Waals surface area contributed by atoms with Crippen molar-refractivity contribution in [2.24, 2.45) is 7.05 Å². The largest absolute Gasteiger partial charge is 0.353 e. The predicted molar refractivity (Wildman–Crippen MR) is 109 cm³/mol. The summed E-state index contributed by atoms with van der Waals surface area (Å²) in [5.41, 5.74) is 5.97. The Kier molecular flexibility index (Phi) is 4.28. The minimum atomic E-state index is 0.642. The third kappa shape index (κ3) is 3.12. The molecule has 0 radical (unpaired) electrons. The van der Waals surface area contributed by atoms with E-state index in [0.717, 1.165) is 33.8 Å². The van der Waals surface area contributed by atoms with Crippen LogP contribution in [0.1, 0.15) is 0 Å². The number of aryl methyl sites for hydroxylation is 1. The van der Waals surface area contributed by atoms with Crippen LogP contribution in [-0.2, 0) is 7.05 Å². The van der Waals surface area contributed by atoms with Crippen LogP contribution in [0.3, 0.4) is 0 Å². The molecular weight excluding hydrogens is 344 g/mol. The van der Waals surface area contributed by atoms with Crippen LogP contribution in [0.25, 0.3) is 22.4 Å². The maximum absolute atomic E-state index is 4.87. The molecule has 0 aliphatic carbocycles. The van der Waals surface area contributed by atoms with E-state index in [1.807, 2.05) is 60.3 Å². The highest BCUT2D eigenvalue weighted by atomic mass is 32.1. The van der Waals surface area contributed by atoms with E-state index in [2.05, 4.69) is 15.6 Å². The zero-order valence-corrected chi connectivity index (χ0v) is 14.9. The number of nitrogens with zero attached hydrogens (tertiary/aromatic N) is 4. The number of benzene rings is 1. The second-order valence-electron chi connectivity index (χ2n) is 5.77. The van der Waals surface area contributed by atoms with Crippen LogP contribution in [0, 0.1) is 0 Å². The molecule has 1 aromatic carbocycles. The highest BCUT2D eigenvalue weighted by Gasteiger charge is 2.13. The number of pyridine rings is 1. The van der Waals surface area contributed by atoms with Gasteiger partial charge < -0.3 is 15.2 Å². The molecule has 0 atom stereocenters. The second kappa shape index (κ2) is 6.89. The van der Waals surface area contributed by atoms with Gasteiger partial charge in [-0.1, -0.05) is 24.4 Å². The van der Waals surface area contributed by atoms with Crippen molar-refractivity contribution in [3.05, 3.63) is 61.1 Å². The normalized spacial score (nSPS) is 10.7. The standard InChI is InChI=1S/C19H16N6S/c1-25-9-7-16-17(25)19(22-15-6-3-8-20-11-15)24-18(23-16)13-4-2-5-14(10-13)21-12-26/h2-12H,1H3,(H,21,26)(H,22,23,24). The van der Waals surface area contributed by atoms with Gasteiger partial charge in [0.2, 0.25) is 0 Å². The minimum Gasteiger partial charge on any atom is -0.353 e. The maximum atomic E-state index is 4.87. The van der Waals surface area contributed by atoms with Crippen LogP contribution < -0.4 is 10.6 Å². The zero-order valence-electron chi connectivity index (χ0n) is 14.0. The summed E-state index contributed by atoms with van der Waals surface area (Å²) in [7, 11) is 1.98. The zero-order chi connectivity index (χ0) is 17.9. The average Bonchev–Trinajstić information content (AvgIpc) is 3.04. The van der Waals surface area contributed by atoms with E-state index >= 15 is 0 Å². The topological polar surface area (TPSA) is 67.7 Å². The van der Waals surface area contributed by atoms with Crippen LogP contribution in [-0.4, -0.2) is 25.0 Å². The van der Waals surface area contributed by atoms with Crippen LogP contribution in [0.5, 0.6) is 0 Å². The molecule has 0 unspecified atom stereocenters. The summed E-state index contributed by atoms with van der Waals surface area (Å²) in [6.45, 7) is 0. The third-order valence-electron chi connectivity index (χ3n) is 3.99. The van der Waals surface area contributed by atoms with Gasteiger partial charge in [-0.25, -0.2) is 9.97 Å². The Morgan fingerprint density at radius 2 is 1.96 bits per heavy atom. The van der Waals surface area contributed by atoms with E-state index in [1.165, 1.54) is 5.49 Å². The number of hydrogen-bond donors (Lipinski definition) is 2. The summed E-state index contributed by atoms with van der Waals surface area (Å²) in [6, 6.07) is 13.7. The molecule has 0 aliphatic rings. The average molecular weight is 360 g/mol. The van der Waals surface area contributed by atoms with E-state index in [1.54, 1.807) is 12.4 Å². The second-order valence-corrected chi connectivity index (χ2v) is 6.00. The monoisotopic (exact) mass is 360 g/mol. The van der Waals surface area contributed by atoms with Gasteiger partial charge in [-0.2, -0.15) is 0 Å². The van der Waals surface area contributed by atoms with Gasteiger partial charge >= 0.3 is 0 Å². The van der Waals surface area contributed by atoms with Gasteiger partial charge in [-0.05, 0) is 30.3 Å². The van der Waals surface area contributed by atoms with Crippen LogP contribution in [0.2, 0.25) is 0 Å². The van der Waals surface area contributed by atoms with Crippen molar-refractivity contribution in [3.8, 4) is 11.4 Å². The molecule has 0 aliphatic heterocycles. The third-order valence-corrected chi connectivity index (χ3v) is 4.11. The summed E-state index contributed by atoms with van der Waals surface area (Å²) in [5.74, 6) is 1.38. The molecular formula is C19H16N6S. The number of aromatic nitrogens is 4. The van der Waals surface area contributed by atoms with Crippen LogP contribution in [0.15, 0.2) is 61.1 Å². The van der Waals surface area contributed by atoms with E-state index in [0.29, 0.717) is 5.82 Å². The first kappa shape index (κ1) is 16.2. The Labute approximate surface area is 155 Å². The molecule has 0 amide bonds. The van der Waals surface area contributed by atoms with Crippen molar-refractivity contribution in [3.63, 3.8) is 0 Å². The van der Waals surface area contributed by atoms with Gasteiger partial charge in [0.05, 0.1) is 22.9 Å². The van der Waals surface area contributed by atoms with E-state index in [9.17, 15) is 0 Å². The van der Waals surface area contributed by atoms with Crippen molar-refractivity contribution in [1.29, 1.82) is 0 Å². The maximum Gasteiger partial charge on any atom is 0.162 e. The highest BCUT2D eigenvalue weighted by molar-refractivity contribution is 7.79. The molecule has 0 saturated heterocycles. The molecule has 4 aromatic rings. The van der Waals surface area contributed by atoms with Gasteiger partial charge in [0.25, 0.3) is 0 Å². The van der Waals surface area contributed by atoms with Gasteiger partial charge in [0, 0.05) is 30.7 Å². The smallest absolute Gasteiger partial charge is 0.162 e. The van der Waals surface area contributed by atoms with Crippen LogP contribution in [0.4, 0.5) is 17.2 Å². The summed E-state index contributed by atoms with van der Waals surface area (Å²) in [4.78, 5) is 13.6. The van der Waals surface area contributed by atoms with E-state index in [4.69, 9.17) is 22.2 Å². The molecule has 0 bridgehead atoms. The lowest BCUT2D eigenvalue weighted by Gasteiger charge is -2.11. The van der Waals surface area contributed by atoms with Crippen molar-refractivity contribution >= 4 is 45.9 Å². The minimum absolute atomic E-state index is 0.642. The van der Waals surface area contributed by atoms with Gasteiger partial charge in [-0.15, -0.1) is 0 Å². The van der Waals surface area contributed by atoms with Gasteiger partial charge in [0.1, 0.15) is 5.52 Å². The van der Waals surface area contributed by atoms with Crippen LogP contribution >= 0.6 is 12.2 Å². The molecule has 0 spiro atoms. The lowest BCUT2D eigenvalue weighted by Crippen LogP contribution is -2.01. The molecule has 2 N–H and O–H groups in total. The summed E-state index contributed by atoms with van der Waals surface area (Å²) in [6.07, 6.45) is 5.48. The number of fused-ring (bicyclic) bond motifs is 1. The molecule has 26 heavy (non-hydrogen) atoms. The molecule has 4 rings (SSSR count). The van der Waals surface area contributed by atoms with Crippen molar-refractivity contribution in [1.82, 2.24) is 19.5 Å². The summed E-state index contributed by atoms with van der Waals surface area (Å²) in [5, 5.41) is 6.37. The molecule has 0 fully saturated rings. The first-order valence-electron chi connectivity index (χ1n) is 8.05. The Morgan fingerprint density at radius 3 is 2.77 bits per heavy atom. The first-order valence-corrected chi connectivity index (χ1v) is 8.52. The highest BCUT2D eigenvalue weighted by Crippen LogP contribution is 2.28. The molecule has 3 heterocycles. The lowest BCUT2D eigenvalue weighted by molar-refractivity contribution is 0.964. The number of nitrogens with one attached hydrogen (secondary N) is 2. The fourth-order valence-corrected chi connectivity index (χ4v) is 2.93. The molecule has 7 heteroatoms. The Balaban J connectivity index is 1.84. The van der Waals surface area contributed by atoms with Gasteiger partial charge in [-0.3, -0.25) is 4.98 Å². The number of thiocarbonyl (C=S) groups is 1. The van der Waals surface area contributed by atoms with Crippen molar-refractivity contribution in [2.75, 3.05) is 10.6 Å². The SMILES string of the molecule is Cn1ccc2nc(-c3cccc(NC=S)c3)nc(Nc3cccnc3)c21.